The number of benzene rings is 1. The van der Waals surface area contributed by atoms with Crippen molar-refractivity contribution in [1.82, 2.24) is 9.38 Å². The molecule has 0 aliphatic rings. The first kappa shape index (κ1) is 14.4. The van der Waals surface area contributed by atoms with Crippen molar-refractivity contribution in [2.75, 3.05) is 0 Å². The number of nitrogens with zero attached hydrogens (tertiary/aromatic N) is 2. The molecular formula is C16H16N2OS2. The molecule has 0 fully saturated rings. The summed E-state index contributed by atoms with van der Waals surface area (Å²) in [5, 5.41) is 1.96. The third-order valence-corrected chi connectivity index (χ3v) is 5.48. The zero-order valence-electron chi connectivity index (χ0n) is 12.2. The quantitative estimate of drug-likeness (QED) is 0.686. The largest absolute Gasteiger partial charge is 0.269 e. The number of thioether (sulfide) groups is 1. The molecule has 0 bridgehead atoms. The highest BCUT2D eigenvalue weighted by Gasteiger charge is 2.07. The van der Waals surface area contributed by atoms with E-state index in [1.54, 1.807) is 22.2 Å². The summed E-state index contributed by atoms with van der Waals surface area (Å²) in [6.07, 6.45) is 0. The normalized spacial score (nSPS) is 11.2. The molecule has 2 heterocycles. The molecule has 1 aromatic carbocycles. The Morgan fingerprint density at radius 3 is 2.86 bits per heavy atom. The van der Waals surface area contributed by atoms with Crippen LogP contribution in [0.2, 0.25) is 0 Å². The minimum absolute atomic E-state index is 0.00955. The maximum atomic E-state index is 12.1. The molecule has 0 amide bonds. The van der Waals surface area contributed by atoms with E-state index in [4.69, 9.17) is 0 Å². The first-order chi connectivity index (χ1) is 10.0. The molecule has 0 unspecified atom stereocenters. The Kier molecular flexibility index (Phi) is 3.87. The number of rotatable bonds is 3. The van der Waals surface area contributed by atoms with Gasteiger partial charge in [-0.05, 0) is 32.4 Å². The van der Waals surface area contributed by atoms with Gasteiger partial charge < -0.3 is 0 Å². The van der Waals surface area contributed by atoms with Crippen LogP contribution in [0.4, 0.5) is 0 Å². The van der Waals surface area contributed by atoms with Crippen molar-refractivity contribution in [3.63, 3.8) is 0 Å². The Morgan fingerprint density at radius 1 is 1.24 bits per heavy atom. The van der Waals surface area contributed by atoms with E-state index in [2.05, 4.69) is 37.0 Å². The maximum Gasteiger partial charge on any atom is 0.258 e. The van der Waals surface area contributed by atoms with Crippen molar-refractivity contribution in [1.29, 1.82) is 0 Å². The molecule has 0 saturated carbocycles. The molecule has 0 spiro atoms. The molecule has 3 nitrogen and oxygen atoms in total. The zero-order chi connectivity index (χ0) is 15.0. The van der Waals surface area contributed by atoms with Crippen LogP contribution >= 0.6 is 23.1 Å². The van der Waals surface area contributed by atoms with Gasteiger partial charge in [-0.25, -0.2) is 4.98 Å². The van der Waals surface area contributed by atoms with Gasteiger partial charge in [-0.15, -0.1) is 23.1 Å². The SMILES string of the molecule is Cc1ccc(C)c(SCc2cc(=O)n3c(C)csc3n2)c1. The van der Waals surface area contributed by atoms with E-state index in [1.807, 2.05) is 12.3 Å². The molecule has 0 saturated heterocycles. The third kappa shape index (κ3) is 2.89. The fourth-order valence-corrected chi connectivity index (χ4v) is 4.10. The second-order valence-corrected chi connectivity index (χ2v) is 6.99. The molecule has 108 valence electrons. The fraction of sp³-hybridized carbons (Fsp3) is 0.250. The lowest BCUT2D eigenvalue weighted by Crippen LogP contribution is -2.14. The summed E-state index contributed by atoms with van der Waals surface area (Å²) in [5.41, 5.74) is 4.31. The summed E-state index contributed by atoms with van der Waals surface area (Å²) in [7, 11) is 0. The van der Waals surface area contributed by atoms with Crippen molar-refractivity contribution in [3.8, 4) is 0 Å². The van der Waals surface area contributed by atoms with E-state index < -0.39 is 0 Å². The lowest BCUT2D eigenvalue weighted by atomic mass is 10.2. The van der Waals surface area contributed by atoms with E-state index in [9.17, 15) is 4.79 Å². The van der Waals surface area contributed by atoms with E-state index in [0.717, 1.165) is 16.3 Å². The number of aryl methyl sites for hydroxylation is 3. The van der Waals surface area contributed by atoms with E-state index in [0.29, 0.717) is 5.75 Å². The van der Waals surface area contributed by atoms with Crippen molar-refractivity contribution >= 4 is 28.1 Å². The summed E-state index contributed by atoms with van der Waals surface area (Å²) in [5.74, 6) is 0.715. The van der Waals surface area contributed by atoms with Crippen LogP contribution in [0.5, 0.6) is 0 Å². The van der Waals surface area contributed by atoms with Gasteiger partial charge in [-0.3, -0.25) is 9.20 Å². The molecule has 21 heavy (non-hydrogen) atoms. The van der Waals surface area contributed by atoms with Crippen molar-refractivity contribution in [3.05, 3.63) is 62.5 Å². The van der Waals surface area contributed by atoms with Crippen molar-refractivity contribution in [2.24, 2.45) is 0 Å². The smallest absolute Gasteiger partial charge is 0.258 e. The second-order valence-electron chi connectivity index (χ2n) is 5.14. The molecule has 5 heteroatoms. The highest BCUT2D eigenvalue weighted by molar-refractivity contribution is 7.98. The van der Waals surface area contributed by atoms with Gasteiger partial charge in [0.15, 0.2) is 4.96 Å². The number of aromatic nitrogens is 2. The van der Waals surface area contributed by atoms with Gasteiger partial charge in [0.05, 0.1) is 5.69 Å². The Bertz CT molecular complexity index is 864. The van der Waals surface area contributed by atoms with Crippen molar-refractivity contribution < 1.29 is 0 Å². The molecule has 0 aliphatic heterocycles. The average molecular weight is 316 g/mol. The van der Waals surface area contributed by atoms with Gasteiger partial charge >= 0.3 is 0 Å². The zero-order valence-corrected chi connectivity index (χ0v) is 13.8. The number of hydrogen-bond donors (Lipinski definition) is 0. The van der Waals surface area contributed by atoms with E-state index in [-0.39, 0.29) is 5.56 Å². The Balaban J connectivity index is 1.88. The van der Waals surface area contributed by atoms with Crippen molar-refractivity contribution in [2.45, 2.75) is 31.4 Å². The van der Waals surface area contributed by atoms with Gasteiger partial charge in [-0.1, -0.05) is 17.7 Å². The summed E-state index contributed by atoms with van der Waals surface area (Å²) in [6, 6.07) is 8.07. The van der Waals surface area contributed by atoms with Crippen LogP contribution in [0.15, 0.2) is 39.3 Å². The third-order valence-electron chi connectivity index (χ3n) is 3.35. The standard InChI is InChI=1S/C16H16N2OS2/c1-10-4-5-11(2)14(6-10)20-9-13-7-15(19)18-12(3)8-21-16(18)17-13/h4-8H,9H2,1-3H3. The summed E-state index contributed by atoms with van der Waals surface area (Å²) in [6.45, 7) is 6.13. The van der Waals surface area contributed by atoms with Crippen LogP contribution < -0.4 is 5.56 Å². The average Bonchev–Trinajstić information content (AvgIpc) is 2.82. The van der Waals surface area contributed by atoms with Crippen LogP contribution in [0.25, 0.3) is 4.96 Å². The molecular weight excluding hydrogens is 300 g/mol. The molecule has 0 radical (unpaired) electrons. The lowest BCUT2D eigenvalue weighted by Gasteiger charge is -2.06. The molecule has 0 atom stereocenters. The Hall–Kier alpha value is -1.59. The van der Waals surface area contributed by atoms with Crippen LogP contribution in [-0.4, -0.2) is 9.38 Å². The number of hydrogen-bond acceptors (Lipinski definition) is 4. The minimum atomic E-state index is 0.00955. The fourth-order valence-electron chi connectivity index (χ4n) is 2.19. The van der Waals surface area contributed by atoms with Gasteiger partial charge in [0, 0.05) is 27.8 Å². The first-order valence-electron chi connectivity index (χ1n) is 6.71. The Labute approximate surface area is 131 Å². The van der Waals surface area contributed by atoms with Gasteiger partial charge in [0.2, 0.25) is 0 Å². The second kappa shape index (κ2) is 5.66. The van der Waals surface area contributed by atoms with Crippen LogP contribution in [0.1, 0.15) is 22.5 Å². The minimum Gasteiger partial charge on any atom is -0.269 e. The van der Waals surface area contributed by atoms with Crippen LogP contribution in [0.3, 0.4) is 0 Å². The first-order valence-corrected chi connectivity index (χ1v) is 8.58. The van der Waals surface area contributed by atoms with Crippen LogP contribution in [-0.2, 0) is 5.75 Å². The van der Waals surface area contributed by atoms with Gasteiger partial charge in [-0.2, -0.15) is 0 Å². The topological polar surface area (TPSA) is 34.4 Å². The Morgan fingerprint density at radius 2 is 2.05 bits per heavy atom. The monoisotopic (exact) mass is 316 g/mol. The molecule has 2 aromatic heterocycles. The molecule has 0 N–H and O–H groups in total. The predicted octanol–water partition coefficient (Wildman–Crippen LogP) is 3.97. The molecule has 0 aliphatic carbocycles. The molecule has 3 aromatic rings. The summed E-state index contributed by atoms with van der Waals surface area (Å²) < 4.78 is 1.66. The van der Waals surface area contributed by atoms with Gasteiger partial charge in [0.1, 0.15) is 0 Å². The number of fused-ring (bicyclic) bond motifs is 1. The lowest BCUT2D eigenvalue weighted by molar-refractivity contribution is 0.997. The highest BCUT2D eigenvalue weighted by Crippen LogP contribution is 2.26. The highest BCUT2D eigenvalue weighted by atomic mass is 32.2. The summed E-state index contributed by atoms with van der Waals surface area (Å²) in [4.78, 5) is 18.7. The van der Waals surface area contributed by atoms with E-state index >= 15 is 0 Å². The summed E-state index contributed by atoms with van der Waals surface area (Å²) >= 11 is 3.24. The van der Waals surface area contributed by atoms with Gasteiger partial charge in [0.25, 0.3) is 5.56 Å². The molecule has 3 rings (SSSR count). The number of thiazole rings is 1. The predicted molar refractivity (Wildman–Crippen MR) is 89.6 cm³/mol. The maximum absolute atomic E-state index is 12.1. The van der Waals surface area contributed by atoms with Crippen LogP contribution in [0, 0.1) is 20.8 Å². The van der Waals surface area contributed by atoms with E-state index in [1.165, 1.54) is 27.4 Å².